The first-order valence-electron chi connectivity index (χ1n) is 8.93. The molecule has 3 aliphatic rings. The van der Waals surface area contributed by atoms with E-state index in [1.54, 1.807) is 22.3 Å². The molecule has 2 unspecified atom stereocenters. The maximum Gasteiger partial charge on any atom is -1.00 e. The Bertz CT molecular complexity index is 624. The fourth-order valence-electron chi connectivity index (χ4n) is 5.48. The molecule has 0 radical (unpaired) electrons. The summed E-state index contributed by atoms with van der Waals surface area (Å²) < 4.78 is 3.86. The molecule has 0 aromatic rings. The molecule has 0 fully saturated rings. The fourth-order valence-corrected chi connectivity index (χ4v) is 18.6. The molecule has 0 spiro atoms. The van der Waals surface area contributed by atoms with Gasteiger partial charge in [-0.25, -0.2) is 0 Å². The zero-order chi connectivity index (χ0) is 16.4. The third-order valence-corrected chi connectivity index (χ3v) is 20.6. The van der Waals surface area contributed by atoms with Gasteiger partial charge in [0, 0.05) is 0 Å². The van der Waals surface area contributed by atoms with Crippen LogP contribution in [0, 0.1) is 11.8 Å². The summed E-state index contributed by atoms with van der Waals surface area (Å²) in [6, 6.07) is 2.76. The zero-order valence-electron chi connectivity index (χ0n) is 16.3. The second kappa shape index (κ2) is 7.70. The minimum atomic E-state index is -1.55. The van der Waals surface area contributed by atoms with Gasteiger partial charge in [0.2, 0.25) is 0 Å². The van der Waals surface area contributed by atoms with Gasteiger partial charge in [-0.3, -0.25) is 0 Å². The van der Waals surface area contributed by atoms with Crippen molar-refractivity contribution in [2.24, 2.45) is 11.8 Å². The van der Waals surface area contributed by atoms with E-state index in [1.165, 1.54) is 12.1 Å². The Kier molecular flexibility index (Phi) is 7.28. The van der Waals surface area contributed by atoms with Gasteiger partial charge in [-0.2, -0.15) is 0 Å². The smallest absolute Gasteiger partial charge is 1.00 e. The molecule has 0 aromatic carbocycles. The molecule has 0 nitrogen and oxygen atoms in total. The van der Waals surface area contributed by atoms with Gasteiger partial charge in [-0.05, 0) is 0 Å². The number of hydrogen-bond acceptors (Lipinski definition) is 0. The van der Waals surface area contributed by atoms with Crippen molar-refractivity contribution in [1.82, 2.24) is 0 Å². The monoisotopic (exact) mass is 548 g/mol. The summed E-state index contributed by atoms with van der Waals surface area (Å²) in [5.41, 5.74) is 7.05. The van der Waals surface area contributed by atoms with Gasteiger partial charge >= 0.3 is 150 Å². The normalized spacial score (nSPS) is 27.3. The van der Waals surface area contributed by atoms with E-state index in [-0.39, 0.29) is 24.8 Å². The number of hydrogen-bond donors (Lipinski definition) is 0. The summed E-state index contributed by atoms with van der Waals surface area (Å²) in [5.74, 6) is 1.52. The van der Waals surface area contributed by atoms with Crippen LogP contribution in [0.3, 0.4) is 0 Å². The van der Waals surface area contributed by atoms with Crippen molar-refractivity contribution in [3.63, 3.8) is 0 Å². The van der Waals surface area contributed by atoms with E-state index in [4.69, 9.17) is 0 Å². The maximum atomic E-state index is 2.50. The van der Waals surface area contributed by atoms with Crippen molar-refractivity contribution in [2.75, 3.05) is 0 Å². The number of fused-ring (bicyclic) bond motifs is 2. The molecule has 0 saturated heterocycles. The van der Waals surface area contributed by atoms with Gasteiger partial charge < -0.3 is 24.8 Å². The van der Waals surface area contributed by atoms with E-state index < -0.39 is 31.0 Å². The molecule has 3 rings (SSSR count). The van der Waals surface area contributed by atoms with Gasteiger partial charge in [-0.15, -0.1) is 0 Å². The van der Waals surface area contributed by atoms with Crippen LogP contribution in [0.4, 0.5) is 0 Å². The van der Waals surface area contributed by atoms with Gasteiger partial charge in [0.25, 0.3) is 0 Å². The van der Waals surface area contributed by atoms with E-state index in [1.807, 2.05) is 17.1 Å². The van der Waals surface area contributed by atoms with Crippen LogP contribution in [0.15, 0.2) is 39.3 Å². The standard InChI is InChI=1S/C20H30Si.2ClH.Hf/c1-9-21(10-2,19-15(5)11-13(3)17(19)7)20-16(6)12-14(4)18(20)8;;;/h13-14H,9-10H2,1-8H3;2*1H;/q;;;+2/p-2. The molecule has 4 heteroatoms. The van der Waals surface area contributed by atoms with Crippen LogP contribution in [0.1, 0.15) is 55.4 Å². The molecule has 1 aliphatic heterocycles. The molecule has 132 valence electrons. The topological polar surface area (TPSA) is 0 Å². The Balaban J connectivity index is 0.00000144. The Morgan fingerprint density at radius 2 is 1.08 bits per heavy atom. The minimum Gasteiger partial charge on any atom is -1.00 e. The van der Waals surface area contributed by atoms with Gasteiger partial charge in [0.15, 0.2) is 0 Å². The quantitative estimate of drug-likeness (QED) is 0.432. The fraction of sp³-hybridized carbons (Fsp3) is 0.600. The second-order valence-corrected chi connectivity index (χ2v) is 16.9. The van der Waals surface area contributed by atoms with E-state index in [9.17, 15) is 0 Å². The average Bonchev–Trinajstić information content (AvgIpc) is 2.85. The molecule has 1 heterocycles. The summed E-state index contributed by atoms with van der Waals surface area (Å²) in [6.07, 6.45) is 0. The van der Waals surface area contributed by atoms with Crippen LogP contribution >= 0.6 is 0 Å². The predicted molar refractivity (Wildman–Crippen MR) is 95.8 cm³/mol. The van der Waals surface area contributed by atoms with E-state index in [0.29, 0.717) is 0 Å². The van der Waals surface area contributed by atoms with Gasteiger partial charge in [-0.1, -0.05) is 0 Å². The minimum absolute atomic E-state index is 0. The molecule has 2 aliphatic carbocycles. The Morgan fingerprint density at radius 1 is 0.750 bits per heavy atom. The van der Waals surface area contributed by atoms with Gasteiger partial charge in [0.1, 0.15) is 0 Å². The van der Waals surface area contributed by atoms with Crippen LogP contribution in [0.5, 0.6) is 0 Å². The van der Waals surface area contributed by atoms with Crippen molar-refractivity contribution < 1.29 is 47.7 Å². The summed E-state index contributed by atoms with van der Waals surface area (Å²) in [7, 11) is -1.55. The van der Waals surface area contributed by atoms with Gasteiger partial charge in [0.05, 0.1) is 0 Å². The van der Waals surface area contributed by atoms with E-state index >= 15 is 0 Å². The number of halogens is 2. The van der Waals surface area contributed by atoms with Crippen molar-refractivity contribution >= 4 is 8.07 Å². The first-order valence-corrected chi connectivity index (χ1v) is 14.9. The Hall–Kier alpha value is 0.627. The Morgan fingerprint density at radius 3 is 1.38 bits per heavy atom. The second-order valence-electron chi connectivity index (χ2n) is 7.55. The molecule has 0 amide bonds. The SMILES string of the molecule is CC[Si]1(CC)C2=C(C)C(C)[C](=C2C)[Hf+2][C]2=C(C)C1=C(C)C2C.[Cl-].[Cl-]. The molecule has 0 aromatic heterocycles. The molecule has 0 saturated carbocycles. The number of allylic oxidation sites excluding steroid dienone is 8. The summed E-state index contributed by atoms with van der Waals surface area (Å²) in [4.78, 5) is 0. The van der Waals surface area contributed by atoms with Crippen LogP contribution in [0.25, 0.3) is 0 Å². The first kappa shape index (κ1) is 22.7. The average molecular weight is 548 g/mol. The molecular formula is C20H30Cl2HfSi. The first-order chi connectivity index (χ1) is 10.3. The van der Waals surface area contributed by atoms with Crippen molar-refractivity contribution in [3.05, 3.63) is 39.3 Å². The van der Waals surface area contributed by atoms with Crippen molar-refractivity contribution in [3.8, 4) is 0 Å². The summed E-state index contributed by atoms with van der Waals surface area (Å²) in [5, 5.41) is 3.77. The molecular weight excluding hydrogens is 518 g/mol. The maximum absolute atomic E-state index is 2.50. The molecule has 24 heavy (non-hydrogen) atoms. The van der Waals surface area contributed by atoms with Crippen LogP contribution in [-0.4, -0.2) is 8.07 Å². The zero-order valence-corrected chi connectivity index (χ0v) is 22.4. The largest absolute Gasteiger partial charge is 1.00 e. The summed E-state index contributed by atoms with van der Waals surface area (Å²) in [6.45, 7) is 19.9. The van der Waals surface area contributed by atoms with Crippen molar-refractivity contribution in [1.29, 1.82) is 0 Å². The van der Waals surface area contributed by atoms with E-state index in [0.717, 1.165) is 11.8 Å². The van der Waals surface area contributed by atoms with Crippen LogP contribution in [0.2, 0.25) is 12.1 Å². The van der Waals surface area contributed by atoms with Crippen LogP contribution < -0.4 is 24.8 Å². The molecule has 4 bridgehead atoms. The predicted octanol–water partition coefficient (Wildman–Crippen LogP) is 0.138. The number of rotatable bonds is 2. The third kappa shape index (κ3) is 2.70. The molecule has 2 atom stereocenters. The Labute approximate surface area is 173 Å². The van der Waals surface area contributed by atoms with Crippen molar-refractivity contribution in [2.45, 2.75) is 67.5 Å². The third-order valence-electron chi connectivity index (χ3n) is 6.95. The van der Waals surface area contributed by atoms with E-state index in [2.05, 4.69) is 55.4 Å². The molecule has 0 N–H and O–H groups in total. The van der Waals surface area contributed by atoms with Crippen LogP contribution in [-0.2, 0) is 22.9 Å². The summed E-state index contributed by atoms with van der Waals surface area (Å²) >= 11 is -0.848.